The molecule has 2 heterocycles. The summed E-state index contributed by atoms with van der Waals surface area (Å²) in [5.41, 5.74) is 4.09. The SMILES string of the molecule is O=C(NC1=NCCN1)c1ccc(Nc2cccc(C(=O)N3CCOCC3)c2[Si])c(C2CC2)c1. The number of hydrogen-bond donors (Lipinski definition) is 3. The number of anilines is 2. The van der Waals surface area contributed by atoms with E-state index in [1.165, 1.54) is 0 Å². The zero-order valence-corrected chi connectivity index (χ0v) is 19.3. The highest BCUT2D eigenvalue weighted by Gasteiger charge is 2.28. The molecule has 2 aliphatic heterocycles. The summed E-state index contributed by atoms with van der Waals surface area (Å²) in [6.07, 6.45) is 2.20. The third kappa shape index (κ3) is 4.79. The van der Waals surface area contributed by atoms with Crippen molar-refractivity contribution >= 4 is 44.6 Å². The Balaban J connectivity index is 1.37. The number of morpholine rings is 1. The predicted molar refractivity (Wildman–Crippen MR) is 128 cm³/mol. The number of benzene rings is 2. The fourth-order valence-corrected chi connectivity index (χ4v) is 4.46. The topological polar surface area (TPSA) is 95.1 Å². The molecule has 0 spiro atoms. The zero-order chi connectivity index (χ0) is 22.8. The average Bonchev–Trinajstić information content (AvgIpc) is 3.57. The van der Waals surface area contributed by atoms with Crippen LogP contribution in [-0.4, -0.2) is 72.3 Å². The van der Waals surface area contributed by atoms with Crippen LogP contribution >= 0.6 is 0 Å². The molecule has 1 saturated heterocycles. The minimum atomic E-state index is -0.171. The summed E-state index contributed by atoms with van der Waals surface area (Å²) in [6, 6.07) is 11.4. The van der Waals surface area contributed by atoms with Crippen molar-refractivity contribution in [2.45, 2.75) is 18.8 Å². The minimum absolute atomic E-state index is 0.00942. The van der Waals surface area contributed by atoms with Gasteiger partial charge in [0.25, 0.3) is 11.8 Å². The summed E-state index contributed by atoms with van der Waals surface area (Å²) >= 11 is 0. The van der Waals surface area contributed by atoms with E-state index in [2.05, 4.69) is 31.2 Å². The van der Waals surface area contributed by atoms with Gasteiger partial charge in [-0.1, -0.05) is 6.07 Å². The number of carbonyl (C=O) groups excluding carboxylic acids is 2. The zero-order valence-electron chi connectivity index (χ0n) is 18.3. The van der Waals surface area contributed by atoms with Gasteiger partial charge in [-0.2, -0.15) is 0 Å². The second-order valence-corrected chi connectivity index (χ2v) is 8.95. The number of carbonyl (C=O) groups is 2. The predicted octanol–water partition coefficient (Wildman–Crippen LogP) is 1.26. The lowest BCUT2D eigenvalue weighted by Crippen LogP contribution is -2.42. The lowest BCUT2D eigenvalue weighted by Gasteiger charge is -2.28. The van der Waals surface area contributed by atoms with Gasteiger partial charge in [0.15, 0.2) is 5.96 Å². The quantitative estimate of drug-likeness (QED) is 0.584. The number of hydrogen-bond acceptors (Lipinski definition) is 6. The first-order valence-corrected chi connectivity index (χ1v) is 11.8. The van der Waals surface area contributed by atoms with Crippen LogP contribution in [0.1, 0.15) is 45.0 Å². The summed E-state index contributed by atoms with van der Waals surface area (Å²) < 4.78 is 5.37. The van der Waals surface area contributed by atoms with E-state index < -0.39 is 0 Å². The smallest absolute Gasteiger partial charge is 0.257 e. The van der Waals surface area contributed by atoms with Gasteiger partial charge in [-0.05, 0) is 59.8 Å². The first-order chi connectivity index (χ1) is 16.1. The van der Waals surface area contributed by atoms with E-state index >= 15 is 0 Å². The Morgan fingerprint density at radius 3 is 2.67 bits per heavy atom. The first kappa shape index (κ1) is 21.7. The third-order valence-electron chi connectivity index (χ3n) is 6.10. The molecule has 2 aromatic carbocycles. The van der Waals surface area contributed by atoms with E-state index in [4.69, 9.17) is 4.74 Å². The molecule has 2 amide bonds. The van der Waals surface area contributed by atoms with Crippen LogP contribution in [0.15, 0.2) is 41.4 Å². The van der Waals surface area contributed by atoms with Crippen LogP contribution in [0.5, 0.6) is 0 Å². The van der Waals surface area contributed by atoms with Crippen molar-refractivity contribution < 1.29 is 14.3 Å². The van der Waals surface area contributed by atoms with Gasteiger partial charge in [0.05, 0.1) is 30.0 Å². The fraction of sp³-hybridized carbons (Fsp3) is 0.375. The molecule has 33 heavy (non-hydrogen) atoms. The van der Waals surface area contributed by atoms with E-state index in [1.807, 2.05) is 41.3 Å². The second-order valence-electron chi connectivity index (χ2n) is 8.45. The molecule has 0 aromatic heterocycles. The van der Waals surface area contributed by atoms with Gasteiger partial charge in [-0.15, -0.1) is 0 Å². The number of nitrogens with one attached hydrogen (secondary N) is 3. The van der Waals surface area contributed by atoms with Crippen molar-refractivity contribution in [2.75, 3.05) is 44.7 Å². The number of amides is 2. The number of ether oxygens (including phenoxy) is 1. The summed E-state index contributed by atoms with van der Waals surface area (Å²) in [5, 5.41) is 10.1. The molecule has 3 radical (unpaired) electrons. The van der Waals surface area contributed by atoms with Gasteiger partial charge in [-0.25, -0.2) is 0 Å². The molecule has 8 nitrogen and oxygen atoms in total. The van der Waals surface area contributed by atoms with Crippen molar-refractivity contribution in [3.05, 3.63) is 53.1 Å². The molecule has 1 saturated carbocycles. The van der Waals surface area contributed by atoms with Crippen LogP contribution in [0.25, 0.3) is 0 Å². The van der Waals surface area contributed by atoms with E-state index in [-0.39, 0.29) is 11.8 Å². The summed E-state index contributed by atoms with van der Waals surface area (Å²) in [5.74, 6) is 0.777. The summed E-state index contributed by atoms with van der Waals surface area (Å²) in [6.45, 7) is 3.74. The maximum absolute atomic E-state index is 13.0. The number of rotatable bonds is 5. The third-order valence-corrected chi connectivity index (χ3v) is 6.64. The molecule has 0 unspecified atom stereocenters. The van der Waals surface area contributed by atoms with Gasteiger partial charge in [0.1, 0.15) is 0 Å². The van der Waals surface area contributed by atoms with E-state index in [0.29, 0.717) is 55.9 Å². The Bertz CT molecular complexity index is 1110. The Labute approximate surface area is 196 Å². The highest BCUT2D eigenvalue weighted by Crippen LogP contribution is 2.44. The van der Waals surface area contributed by atoms with Crippen molar-refractivity contribution in [2.24, 2.45) is 4.99 Å². The molecule has 5 rings (SSSR count). The molecule has 3 aliphatic rings. The van der Waals surface area contributed by atoms with Crippen LogP contribution in [0.2, 0.25) is 0 Å². The Morgan fingerprint density at radius 1 is 1.12 bits per heavy atom. The van der Waals surface area contributed by atoms with E-state index in [0.717, 1.165) is 41.5 Å². The maximum atomic E-state index is 13.0. The van der Waals surface area contributed by atoms with Gasteiger partial charge >= 0.3 is 0 Å². The molecule has 2 aromatic rings. The van der Waals surface area contributed by atoms with Gasteiger partial charge in [0.2, 0.25) is 0 Å². The normalized spacial score (nSPS) is 17.8. The highest BCUT2D eigenvalue weighted by atomic mass is 28.1. The van der Waals surface area contributed by atoms with Crippen LogP contribution in [0.4, 0.5) is 11.4 Å². The van der Waals surface area contributed by atoms with Crippen LogP contribution in [-0.2, 0) is 4.74 Å². The van der Waals surface area contributed by atoms with Crippen molar-refractivity contribution in [3.8, 4) is 0 Å². The summed E-state index contributed by atoms with van der Waals surface area (Å²) in [7, 11) is 3.71. The number of aliphatic imine (C=N–C) groups is 1. The van der Waals surface area contributed by atoms with Gasteiger partial charge < -0.3 is 20.3 Å². The standard InChI is InChI=1S/C24H26N5O3Si/c30-22(28-24-25-8-9-26-24)16-6-7-19(18(14-16)15-4-5-15)27-20-3-1-2-17(21(20)33)23(31)29-10-12-32-13-11-29/h1-3,6-7,14-15,27H,4-5,8-13H2,(H2,25,26,28,30). The van der Waals surface area contributed by atoms with Crippen molar-refractivity contribution in [3.63, 3.8) is 0 Å². The van der Waals surface area contributed by atoms with Gasteiger partial charge in [0, 0.05) is 42.1 Å². The largest absolute Gasteiger partial charge is 0.378 e. The van der Waals surface area contributed by atoms with Crippen LogP contribution in [0.3, 0.4) is 0 Å². The Hall–Kier alpha value is -3.17. The van der Waals surface area contributed by atoms with Gasteiger partial charge in [-0.3, -0.25) is 19.9 Å². The minimum Gasteiger partial charge on any atom is -0.378 e. The number of nitrogens with zero attached hydrogens (tertiary/aromatic N) is 2. The first-order valence-electron chi connectivity index (χ1n) is 11.3. The lowest BCUT2D eigenvalue weighted by molar-refractivity contribution is 0.0304. The number of guanidine groups is 1. The molecule has 9 heteroatoms. The monoisotopic (exact) mass is 460 g/mol. The molecule has 0 atom stereocenters. The molecule has 0 bridgehead atoms. The molecule has 2 fully saturated rings. The van der Waals surface area contributed by atoms with Crippen LogP contribution < -0.4 is 21.1 Å². The molecule has 3 N–H and O–H groups in total. The van der Waals surface area contributed by atoms with Crippen molar-refractivity contribution in [1.29, 1.82) is 0 Å². The van der Waals surface area contributed by atoms with E-state index in [9.17, 15) is 9.59 Å². The molecule has 1 aliphatic carbocycles. The molecule has 169 valence electrons. The summed E-state index contributed by atoms with van der Waals surface area (Å²) in [4.78, 5) is 31.7. The van der Waals surface area contributed by atoms with E-state index in [1.54, 1.807) is 0 Å². The molecular formula is C24H26N5O3Si. The maximum Gasteiger partial charge on any atom is 0.257 e. The lowest BCUT2D eigenvalue weighted by atomic mass is 10.0. The highest BCUT2D eigenvalue weighted by molar-refractivity contribution is 6.40. The second kappa shape index (κ2) is 9.36. The Kier molecular flexibility index (Phi) is 6.15. The average molecular weight is 461 g/mol. The molecular weight excluding hydrogens is 434 g/mol. The fourth-order valence-electron chi connectivity index (χ4n) is 4.13. The van der Waals surface area contributed by atoms with Crippen molar-refractivity contribution in [1.82, 2.24) is 15.5 Å². The Morgan fingerprint density at radius 2 is 1.94 bits per heavy atom. The van der Waals surface area contributed by atoms with Crippen LogP contribution in [0, 0.1) is 0 Å².